The molecule has 0 aliphatic rings. The average Bonchev–Trinajstić information content (AvgIpc) is 3.38. The summed E-state index contributed by atoms with van der Waals surface area (Å²) in [5.41, 5.74) is 1.85. The van der Waals surface area contributed by atoms with Crippen LogP contribution in [0.4, 0.5) is 5.69 Å². The SMILES string of the molecule is O=C(Nc1cnn(Cc2ccccc2Cl)c1)c1ccnn1COc1ccccc1Cl. The van der Waals surface area contributed by atoms with Crippen LogP contribution < -0.4 is 10.1 Å². The highest BCUT2D eigenvalue weighted by molar-refractivity contribution is 6.32. The number of nitrogens with zero attached hydrogens (tertiary/aromatic N) is 4. The Balaban J connectivity index is 1.40. The van der Waals surface area contributed by atoms with Crippen molar-refractivity contribution in [2.24, 2.45) is 0 Å². The molecule has 4 aromatic rings. The van der Waals surface area contributed by atoms with Gasteiger partial charge in [-0.15, -0.1) is 0 Å². The lowest BCUT2D eigenvalue weighted by Crippen LogP contribution is -2.19. The maximum Gasteiger partial charge on any atom is 0.274 e. The summed E-state index contributed by atoms with van der Waals surface area (Å²) in [7, 11) is 0. The Hall–Kier alpha value is -3.29. The minimum atomic E-state index is -0.326. The summed E-state index contributed by atoms with van der Waals surface area (Å²) in [5.74, 6) is 0.189. The number of amides is 1. The molecule has 0 aliphatic heterocycles. The fraction of sp³-hybridized carbons (Fsp3) is 0.0952. The predicted octanol–water partition coefficient (Wildman–Crippen LogP) is 4.72. The lowest BCUT2D eigenvalue weighted by Gasteiger charge is -2.10. The number of hydrogen-bond acceptors (Lipinski definition) is 4. The van der Waals surface area contributed by atoms with Gasteiger partial charge in [-0.3, -0.25) is 9.48 Å². The van der Waals surface area contributed by atoms with Crippen LogP contribution in [0.15, 0.2) is 73.2 Å². The van der Waals surface area contributed by atoms with Crippen LogP contribution in [0.1, 0.15) is 16.1 Å². The van der Waals surface area contributed by atoms with Crippen LogP contribution in [0, 0.1) is 0 Å². The topological polar surface area (TPSA) is 74.0 Å². The van der Waals surface area contributed by atoms with E-state index in [0.717, 1.165) is 5.56 Å². The standard InChI is InChI=1S/C21H17Cl2N5O2/c22-17-6-2-1-5-15(17)12-27-13-16(11-25-27)26-21(29)19-9-10-24-28(19)14-30-20-8-4-3-7-18(20)23/h1-11,13H,12,14H2,(H,26,29). The van der Waals surface area contributed by atoms with Crippen molar-refractivity contribution in [2.45, 2.75) is 13.3 Å². The number of carbonyl (C=O) groups excluding carboxylic acids is 1. The predicted molar refractivity (Wildman–Crippen MR) is 115 cm³/mol. The Morgan fingerprint density at radius 3 is 2.57 bits per heavy atom. The zero-order valence-electron chi connectivity index (χ0n) is 15.7. The van der Waals surface area contributed by atoms with E-state index in [-0.39, 0.29) is 12.6 Å². The molecule has 0 bridgehead atoms. The number of nitrogens with one attached hydrogen (secondary N) is 1. The zero-order valence-corrected chi connectivity index (χ0v) is 17.2. The Labute approximate surface area is 182 Å². The van der Waals surface area contributed by atoms with Gasteiger partial charge in [0.2, 0.25) is 0 Å². The Morgan fingerprint density at radius 1 is 1.00 bits per heavy atom. The molecule has 30 heavy (non-hydrogen) atoms. The van der Waals surface area contributed by atoms with Crippen LogP contribution >= 0.6 is 23.2 Å². The van der Waals surface area contributed by atoms with Gasteiger partial charge in [-0.25, -0.2) is 4.68 Å². The van der Waals surface area contributed by atoms with E-state index in [0.29, 0.717) is 33.7 Å². The van der Waals surface area contributed by atoms with Gasteiger partial charge in [0.05, 0.1) is 23.5 Å². The molecule has 7 nitrogen and oxygen atoms in total. The maximum absolute atomic E-state index is 12.7. The van der Waals surface area contributed by atoms with Crippen molar-refractivity contribution in [3.05, 3.63) is 94.5 Å². The van der Waals surface area contributed by atoms with E-state index in [1.54, 1.807) is 35.3 Å². The number of para-hydroxylation sites is 1. The first kappa shape index (κ1) is 20.0. The van der Waals surface area contributed by atoms with Gasteiger partial charge in [0, 0.05) is 17.4 Å². The van der Waals surface area contributed by atoms with Gasteiger partial charge in [0.25, 0.3) is 5.91 Å². The quantitative estimate of drug-likeness (QED) is 0.450. The van der Waals surface area contributed by atoms with Crippen LogP contribution in [-0.2, 0) is 13.3 Å². The van der Waals surface area contributed by atoms with Crippen LogP contribution in [0.3, 0.4) is 0 Å². The average molecular weight is 442 g/mol. The molecule has 0 radical (unpaired) electrons. The Bertz CT molecular complexity index is 1170. The molecule has 0 saturated carbocycles. The monoisotopic (exact) mass is 441 g/mol. The van der Waals surface area contributed by atoms with Crippen LogP contribution in [0.5, 0.6) is 5.75 Å². The number of carbonyl (C=O) groups is 1. The molecule has 1 amide bonds. The molecule has 0 aliphatic carbocycles. The molecule has 9 heteroatoms. The Morgan fingerprint density at radius 2 is 1.77 bits per heavy atom. The van der Waals surface area contributed by atoms with E-state index in [9.17, 15) is 4.79 Å². The van der Waals surface area contributed by atoms with Crippen molar-refractivity contribution in [1.82, 2.24) is 19.6 Å². The first-order valence-electron chi connectivity index (χ1n) is 9.06. The normalized spacial score (nSPS) is 10.7. The van der Waals surface area contributed by atoms with Crippen LogP contribution in [0.2, 0.25) is 10.0 Å². The minimum absolute atomic E-state index is 0.0469. The summed E-state index contributed by atoms with van der Waals surface area (Å²) >= 11 is 12.3. The summed E-state index contributed by atoms with van der Waals surface area (Å²) in [4.78, 5) is 12.7. The third-order valence-corrected chi connectivity index (χ3v) is 4.99. The fourth-order valence-corrected chi connectivity index (χ4v) is 3.22. The second-order valence-electron chi connectivity index (χ2n) is 6.39. The third kappa shape index (κ3) is 4.64. The Kier molecular flexibility index (Phi) is 6.02. The molecule has 2 heterocycles. The maximum atomic E-state index is 12.7. The highest BCUT2D eigenvalue weighted by atomic mass is 35.5. The number of ether oxygens (including phenoxy) is 1. The minimum Gasteiger partial charge on any atom is -0.470 e. The molecule has 0 spiro atoms. The third-order valence-electron chi connectivity index (χ3n) is 4.31. The van der Waals surface area contributed by atoms with E-state index < -0.39 is 0 Å². The van der Waals surface area contributed by atoms with E-state index in [1.807, 2.05) is 36.4 Å². The number of rotatable bonds is 7. The van der Waals surface area contributed by atoms with E-state index in [4.69, 9.17) is 27.9 Å². The molecular formula is C21H17Cl2N5O2. The molecule has 2 aromatic heterocycles. The van der Waals surface area contributed by atoms with Gasteiger partial charge < -0.3 is 10.1 Å². The number of benzene rings is 2. The summed E-state index contributed by atoms with van der Waals surface area (Å²) in [6, 6.07) is 16.3. The molecule has 152 valence electrons. The van der Waals surface area contributed by atoms with Crippen LogP contribution in [0.25, 0.3) is 0 Å². The lowest BCUT2D eigenvalue weighted by molar-refractivity contribution is 0.100. The van der Waals surface area contributed by atoms with Gasteiger partial charge in [-0.2, -0.15) is 10.2 Å². The molecule has 0 fully saturated rings. The first-order chi connectivity index (χ1) is 14.6. The van der Waals surface area contributed by atoms with E-state index in [1.165, 1.54) is 10.9 Å². The molecule has 4 rings (SSSR count). The summed E-state index contributed by atoms with van der Waals surface area (Å²) in [6.45, 7) is 0.546. The van der Waals surface area contributed by atoms with Gasteiger partial charge in [-0.1, -0.05) is 53.5 Å². The summed E-state index contributed by atoms with van der Waals surface area (Å²) in [5, 5.41) is 12.4. The number of anilines is 1. The van der Waals surface area contributed by atoms with Crippen molar-refractivity contribution in [3.63, 3.8) is 0 Å². The molecule has 1 N–H and O–H groups in total. The van der Waals surface area contributed by atoms with E-state index >= 15 is 0 Å². The zero-order chi connectivity index (χ0) is 20.9. The molecular weight excluding hydrogens is 425 g/mol. The van der Waals surface area contributed by atoms with E-state index in [2.05, 4.69) is 15.5 Å². The number of hydrogen-bond donors (Lipinski definition) is 1. The van der Waals surface area contributed by atoms with Gasteiger partial charge in [0.1, 0.15) is 11.4 Å². The van der Waals surface area contributed by atoms with Gasteiger partial charge >= 0.3 is 0 Å². The largest absolute Gasteiger partial charge is 0.470 e. The van der Waals surface area contributed by atoms with Gasteiger partial charge in [0.15, 0.2) is 6.73 Å². The lowest BCUT2D eigenvalue weighted by atomic mass is 10.2. The van der Waals surface area contributed by atoms with Crippen molar-refractivity contribution in [2.75, 3.05) is 5.32 Å². The van der Waals surface area contributed by atoms with Crippen molar-refractivity contribution in [1.29, 1.82) is 0 Å². The van der Waals surface area contributed by atoms with Crippen molar-refractivity contribution >= 4 is 34.8 Å². The highest BCUT2D eigenvalue weighted by Gasteiger charge is 2.14. The molecule has 0 atom stereocenters. The second kappa shape index (κ2) is 9.02. The summed E-state index contributed by atoms with van der Waals surface area (Å²) < 4.78 is 8.82. The fourth-order valence-electron chi connectivity index (χ4n) is 2.83. The molecule has 0 saturated heterocycles. The van der Waals surface area contributed by atoms with Crippen LogP contribution in [-0.4, -0.2) is 25.5 Å². The van der Waals surface area contributed by atoms with Gasteiger partial charge in [-0.05, 0) is 29.8 Å². The van der Waals surface area contributed by atoms with Crippen molar-refractivity contribution in [3.8, 4) is 5.75 Å². The van der Waals surface area contributed by atoms with Crippen molar-refractivity contribution < 1.29 is 9.53 Å². The molecule has 0 unspecified atom stereocenters. The second-order valence-corrected chi connectivity index (χ2v) is 7.21. The smallest absolute Gasteiger partial charge is 0.274 e. The number of halogens is 2. The summed E-state index contributed by atoms with van der Waals surface area (Å²) in [6.07, 6.45) is 4.85. The highest BCUT2D eigenvalue weighted by Crippen LogP contribution is 2.23. The number of aromatic nitrogens is 4. The first-order valence-corrected chi connectivity index (χ1v) is 9.82. The molecule has 2 aromatic carbocycles.